The van der Waals surface area contributed by atoms with Gasteiger partial charge in [-0.05, 0) is 38.0 Å². The Morgan fingerprint density at radius 1 is 1.35 bits per heavy atom. The van der Waals surface area contributed by atoms with Crippen LogP contribution >= 0.6 is 11.6 Å². The summed E-state index contributed by atoms with van der Waals surface area (Å²) >= 11 is 5.87. The number of piperidine rings is 1. The van der Waals surface area contributed by atoms with E-state index in [1.165, 1.54) is 18.2 Å². The standard InChI is InChI=1S/C17H21ClF2N2O4/c1-2-25-16(24)11-5-7-22(8-6-11)15(23)10-21-12-3-4-14(13(18)9-12)26-17(19)20/h3-4,9,11,17,21H,2,5-8,10H2,1H3. The second-order valence-electron chi connectivity index (χ2n) is 5.78. The van der Waals surface area contributed by atoms with Crippen LogP contribution in [-0.2, 0) is 14.3 Å². The van der Waals surface area contributed by atoms with Crippen molar-refractivity contribution in [3.8, 4) is 5.75 Å². The highest BCUT2D eigenvalue weighted by molar-refractivity contribution is 6.32. The van der Waals surface area contributed by atoms with E-state index in [0.717, 1.165) is 0 Å². The normalized spacial score (nSPS) is 15.0. The molecule has 144 valence electrons. The third kappa shape index (κ3) is 5.72. The minimum Gasteiger partial charge on any atom is -0.466 e. The Morgan fingerprint density at radius 2 is 2.04 bits per heavy atom. The molecule has 9 heteroatoms. The van der Waals surface area contributed by atoms with Crippen molar-refractivity contribution in [2.24, 2.45) is 5.92 Å². The van der Waals surface area contributed by atoms with Crippen LogP contribution in [0.15, 0.2) is 18.2 Å². The molecular weight excluding hydrogens is 370 g/mol. The molecule has 0 spiro atoms. The molecule has 1 aromatic carbocycles. The Labute approximate surface area is 155 Å². The van der Waals surface area contributed by atoms with Gasteiger partial charge in [0, 0.05) is 18.8 Å². The molecule has 1 heterocycles. The van der Waals surface area contributed by atoms with Gasteiger partial charge in [-0.25, -0.2) is 0 Å². The van der Waals surface area contributed by atoms with Gasteiger partial charge in [0.2, 0.25) is 5.91 Å². The van der Waals surface area contributed by atoms with Crippen molar-refractivity contribution in [3.63, 3.8) is 0 Å². The molecule has 0 aromatic heterocycles. The number of nitrogens with zero attached hydrogens (tertiary/aromatic N) is 1. The van der Waals surface area contributed by atoms with Crippen LogP contribution in [0.3, 0.4) is 0 Å². The number of nitrogens with one attached hydrogen (secondary N) is 1. The van der Waals surface area contributed by atoms with Crippen LogP contribution in [0, 0.1) is 5.92 Å². The predicted molar refractivity (Wildman–Crippen MR) is 92.5 cm³/mol. The van der Waals surface area contributed by atoms with Gasteiger partial charge in [0.15, 0.2) is 0 Å². The minimum absolute atomic E-state index is 0.0259. The van der Waals surface area contributed by atoms with Gasteiger partial charge in [-0.2, -0.15) is 8.78 Å². The van der Waals surface area contributed by atoms with Gasteiger partial charge in [-0.15, -0.1) is 0 Å². The molecule has 1 amide bonds. The highest BCUT2D eigenvalue weighted by atomic mass is 35.5. The van der Waals surface area contributed by atoms with Crippen LogP contribution in [0.1, 0.15) is 19.8 Å². The molecule has 1 N–H and O–H groups in total. The number of halogens is 3. The molecule has 1 fully saturated rings. The fourth-order valence-electron chi connectivity index (χ4n) is 2.72. The number of ether oxygens (including phenoxy) is 2. The molecule has 6 nitrogen and oxygen atoms in total. The molecule has 0 radical (unpaired) electrons. The number of hydrogen-bond acceptors (Lipinski definition) is 5. The number of likely N-dealkylation sites (tertiary alicyclic amines) is 1. The van der Waals surface area contributed by atoms with Crippen molar-refractivity contribution in [2.75, 3.05) is 31.6 Å². The second kappa shape index (κ2) is 9.56. The maximum atomic E-state index is 12.3. The lowest BCUT2D eigenvalue weighted by Crippen LogP contribution is -2.43. The van der Waals surface area contributed by atoms with E-state index in [0.29, 0.717) is 38.2 Å². The van der Waals surface area contributed by atoms with Crippen LogP contribution in [-0.4, -0.2) is 49.6 Å². The molecule has 1 saturated heterocycles. The molecule has 0 atom stereocenters. The van der Waals surface area contributed by atoms with Crippen LogP contribution < -0.4 is 10.1 Å². The predicted octanol–water partition coefficient (Wildman–Crippen LogP) is 3.16. The van der Waals surface area contributed by atoms with E-state index in [1.807, 2.05) is 0 Å². The number of carbonyl (C=O) groups excluding carboxylic acids is 2. The maximum Gasteiger partial charge on any atom is 0.387 e. The number of rotatable bonds is 7. The molecule has 2 rings (SSSR count). The Kier molecular flexibility index (Phi) is 7.44. The second-order valence-corrected chi connectivity index (χ2v) is 6.19. The highest BCUT2D eigenvalue weighted by Gasteiger charge is 2.27. The number of alkyl halides is 2. The van der Waals surface area contributed by atoms with Crippen molar-refractivity contribution in [3.05, 3.63) is 23.2 Å². The minimum atomic E-state index is -2.95. The van der Waals surface area contributed by atoms with Crippen LogP contribution in [0.25, 0.3) is 0 Å². The van der Waals surface area contributed by atoms with Crippen molar-refractivity contribution in [2.45, 2.75) is 26.4 Å². The zero-order valence-electron chi connectivity index (χ0n) is 14.3. The highest BCUT2D eigenvalue weighted by Crippen LogP contribution is 2.29. The summed E-state index contributed by atoms with van der Waals surface area (Å²) in [4.78, 5) is 25.6. The lowest BCUT2D eigenvalue weighted by atomic mass is 9.97. The third-order valence-electron chi connectivity index (χ3n) is 4.06. The Bertz CT molecular complexity index is 637. The van der Waals surface area contributed by atoms with Gasteiger partial charge >= 0.3 is 12.6 Å². The molecule has 1 aliphatic rings. The van der Waals surface area contributed by atoms with Gasteiger partial charge in [0.25, 0.3) is 0 Å². The van der Waals surface area contributed by atoms with E-state index in [2.05, 4.69) is 10.1 Å². The number of anilines is 1. The molecular formula is C17H21ClF2N2O4. The van der Waals surface area contributed by atoms with Crippen molar-refractivity contribution >= 4 is 29.2 Å². The van der Waals surface area contributed by atoms with Crippen LogP contribution in [0.5, 0.6) is 5.75 Å². The Balaban J connectivity index is 1.80. The summed E-state index contributed by atoms with van der Waals surface area (Å²) < 4.78 is 33.7. The van der Waals surface area contributed by atoms with E-state index in [4.69, 9.17) is 16.3 Å². The molecule has 1 aromatic rings. The van der Waals surface area contributed by atoms with Crippen molar-refractivity contribution in [1.29, 1.82) is 0 Å². The zero-order valence-corrected chi connectivity index (χ0v) is 15.1. The van der Waals surface area contributed by atoms with E-state index in [-0.39, 0.29) is 35.1 Å². The molecule has 0 saturated carbocycles. The number of carbonyl (C=O) groups is 2. The fraction of sp³-hybridized carbons (Fsp3) is 0.529. The number of benzene rings is 1. The Hall–Kier alpha value is -2.09. The fourth-order valence-corrected chi connectivity index (χ4v) is 2.94. The van der Waals surface area contributed by atoms with Crippen molar-refractivity contribution in [1.82, 2.24) is 4.90 Å². The third-order valence-corrected chi connectivity index (χ3v) is 4.35. The smallest absolute Gasteiger partial charge is 0.387 e. The molecule has 0 aliphatic carbocycles. The summed E-state index contributed by atoms with van der Waals surface area (Å²) in [7, 11) is 0. The number of hydrogen-bond donors (Lipinski definition) is 1. The Morgan fingerprint density at radius 3 is 2.62 bits per heavy atom. The first kappa shape index (κ1) is 20.2. The first-order valence-corrected chi connectivity index (χ1v) is 8.71. The zero-order chi connectivity index (χ0) is 19.1. The molecule has 0 bridgehead atoms. The van der Waals surface area contributed by atoms with Gasteiger partial charge < -0.3 is 19.7 Å². The largest absolute Gasteiger partial charge is 0.466 e. The lowest BCUT2D eigenvalue weighted by Gasteiger charge is -2.31. The topological polar surface area (TPSA) is 67.9 Å². The summed E-state index contributed by atoms with van der Waals surface area (Å²) in [6.07, 6.45) is 1.16. The summed E-state index contributed by atoms with van der Waals surface area (Å²) in [5.74, 6) is -0.609. The average molecular weight is 391 g/mol. The number of esters is 1. The lowest BCUT2D eigenvalue weighted by molar-refractivity contribution is -0.151. The van der Waals surface area contributed by atoms with Crippen LogP contribution in [0.2, 0.25) is 5.02 Å². The summed E-state index contributed by atoms with van der Waals surface area (Å²) in [6.45, 7) is 0.185. The van der Waals surface area contributed by atoms with Crippen molar-refractivity contribution < 1.29 is 27.8 Å². The number of amides is 1. The van der Waals surface area contributed by atoms with Crippen LogP contribution in [0.4, 0.5) is 14.5 Å². The van der Waals surface area contributed by atoms with E-state index in [1.54, 1.807) is 11.8 Å². The molecule has 1 aliphatic heterocycles. The molecule has 0 unspecified atom stereocenters. The monoisotopic (exact) mass is 390 g/mol. The van der Waals surface area contributed by atoms with Gasteiger partial charge in [-0.3, -0.25) is 9.59 Å². The van der Waals surface area contributed by atoms with E-state index >= 15 is 0 Å². The summed E-state index contributed by atoms with van der Waals surface area (Å²) in [6, 6.07) is 4.23. The average Bonchev–Trinajstić information content (AvgIpc) is 2.61. The van der Waals surface area contributed by atoms with E-state index in [9.17, 15) is 18.4 Å². The maximum absolute atomic E-state index is 12.3. The quantitative estimate of drug-likeness (QED) is 0.724. The van der Waals surface area contributed by atoms with Gasteiger partial charge in [0.1, 0.15) is 5.75 Å². The first-order chi connectivity index (χ1) is 12.4. The first-order valence-electron chi connectivity index (χ1n) is 8.33. The SMILES string of the molecule is CCOC(=O)C1CCN(C(=O)CNc2ccc(OC(F)F)c(Cl)c2)CC1. The van der Waals surface area contributed by atoms with E-state index < -0.39 is 6.61 Å². The summed E-state index contributed by atoms with van der Waals surface area (Å²) in [5.41, 5.74) is 0.520. The summed E-state index contributed by atoms with van der Waals surface area (Å²) in [5, 5.41) is 2.93. The molecule has 26 heavy (non-hydrogen) atoms. The van der Waals surface area contributed by atoms with Gasteiger partial charge in [0.05, 0.1) is 24.1 Å². The van der Waals surface area contributed by atoms with Gasteiger partial charge in [-0.1, -0.05) is 11.6 Å².